The summed E-state index contributed by atoms with van der Waals surface area (Å²) in [6.45, 7) is 6.42. The minimum atomic E-state index is -3.80. The number of thiazole rings is 1. The molecule has 0 N–H and O–H groups in total. The average molecular weight is 557 g/mol. The summed E-state index contributed by atoms with van der Waals surface area (Å²) in [4.78, 5) is 24.6. The maximum Gasteiger partial charge on any atom is 0.264 e. The Bertz CT molecular complexity index is 1720. The molecule has 198 valence electrons. The van der Waals surface area contributed by atoms with Gasteiger partial charge in [-0.3, -0.25) is 19.0 Å². The molecule has 0 bridgehead atoms. The van der Waals surface area contributed by atoms with Crippen molar-refractivity contribution in [2.75, 3.05) is 15.7 Å². The highest BCUT2D eigenvalue weighted by Crippen LogP contribution is 2.34. The maximum absolute atomic E-state index is 13.9. The first kappa shape index (κ1) is 26.5. The van der Waals surface area contributed by atoms with Gasteiger partial charge in [0.2, 0.25) is 0 Å². The number of aryl methyl sites for hydroxylation is 2. The van der Waals surface area contributed by atoms with Crippen LogP contribution in [0.4, 0.5) is 10.8 Å². The summed E-state index contributed by atoms with van der Waals surface area (Å²) in [6, 6.07) is 22.9. The molecule has 3 aromatic carbocycles. The lowest BCUT2D eigenvalue weighted by atomic mass is 10.1. The number of anilines is 2. The first-order valence-corrected chi connectivity index (χ1v) is 14.8. The number of sulfonamides is 1. The van der Waals surface area contributed by atoms with Gasteiger partial charge in [0.15, 0.2) is 5.13 Å². The number of benzene rings is 3. The van der Waals surface area contributed by atoms with Crippen molar-refractivity contribution >= 4 is 48.3 Å². The van der Waals surface area contributed by atoms with Crippen molar-refractivity contribution in [3.05, 3.63) is 114 Å². The van der Waals surface area contributed by atoms with Crippen molar-refractivity contribution in [3.8, 4) is 0 Å². The van der Waals surface area contributed by atoms with Gasteiger partial charge < -0.3 is 0 Å². The number of fused-ring (bicyclic) bond motifs is 1. The summed E-state index contributed by atoms with van der Waals surface area (Å²) in [5, 5.41) is 0.575. The summed E-state index contributed by atoms with van der Waals surface area (Å²) in [5.41, 5.74) is 4.88. The molecule has 0 aliphatic heterocycles. The molecule has 7 nitrogen and oxygen atoms in total. The van der Waals surface area contributed by atoms with E-state index in [0.717, 1.165) is 26.9 Å². The average Bonchev–Trinajstić information content (AvgIpc) is 3.37. The van der Waals surface area contributed by atoms with Gasteiger partial charge in [-0.2, -0.15) is 0 Å². The second-order valence-electron chi connectivity index (χ2n) is 9.21. The number of amides is 1. The van der Waals surface area contributed by atoms with Gasteiger partial charge in [-0.1, -0.05) is 41.7 Å². The first-order chi connectivity index (χ1) is 18.8. The minimum Gasteiger partial charge on any atom is -0.279 e. The van der Waals surface area contributed by atoms with Crippen molar-refractivity contribution in [2.45, 2.75) is 32.2 Å². The largest absolute Gasteiger partial charge is 0.279 e. The van der Waals surface area contributed by atoms with E-state index in [4.69, 9.17) is 4.98 Å². The molecule has 1 amide bonds. The van der Waals surface area contributed by atoms with Gasteiger partial charge in [0, 0.05) is 24.5 Å². The molecule has 0 unspecified atom stereocenters. The number of aromatic nitrogens is 2. The van der Waals surface area contributed by atoms with Gasteiger partial charge >= 0.3 is 0 Å². The summed E-state index contributed by atoms with van der Waals surface area (Å²) in [6.07, 6.45) is 3.41. The first-order valence-electron chi connectivity index (χ1n) is 12.5. The number of pyridine rings is 1. The Balaban J connectivity index is 1.50. The number of carbonyl (C=O) groups is 1. The van der Waals surface area contributed by atoms with Gasteiger partial charge in [0.05, 0.1) is 27.3 Å². The summed E-state index contributed by atoms with van der Waals surface area (Å²) < 4.78 is 29.2. The second kappa shape index (κ2) is 11.0. The van der Waals surface area contributed by atoms with Crippen LogP contribution in [0.15, 0.2) is 96.2 Å². The molecule has 0 fully saturated rings. The Kier molecular flexibility index (Phi) is 7.45. The van der Waals surface area contributed by atoms with Crippen LogP contribution in [-0.4, -0.2) is 30.8 Å². The Morgan fingerprint density at radius 1 is 0.949 bits per heavy atom. The molecule has 0 atom stereocenters. The maximum atomic E-state index is 13.9. The molecule has 2 aromatic heterocycles. The van der Waals surface area contributed by atoms with Crippen LogP contribution in [0.5, 0.6) is 0 Å². The topological polar surface area (TPSA) is 83.5 Å². The quantitative estimate of drug-likeness (QED) is 0.222. The fraction of sp³-hybridized carbons (Fsp3) is 0.167. The predicted octanol–water partition coefficient (Wildman–Crippen LogP) is 6.37. The normalized spacial score (nSPS) is 11.5. The lowest BCUT2D eigenvalue weighted by Crippen LogP contribution is -2.31. The standard InChI is InChI=1S/C30H28N4O3S2/c1-4-34(25-10-6-5-7-11-25)39(36,37)26-14-12-24(13-15-26)29(35)33(20-23-9-8-16-31-19-23)30-32-27-18-21(2)17-22(3)28(27)38-30/h5-19H,4,20H2,1-3H3. The van der Waals surface area contributed by atoms with Crippen LogP contribution in [0, 0.1) is 13.8 Å². The molecular formula is C30H28N4O3S2. The van der Waals surface area contributed by atoms with Crippen molar-refractivity contribution in [1.82, 2.24) is 9.97 Å². The number of nitrogens with zero attached hydrogens (tertiary/aromatic N) is 4. The van der Waals surface area contributed by atoms with Gasteiger partial charge in [0.1, 0.15) is 0 Å². The molecule has 5 aromatic rings. The Labute approximate surface area is 232 Å². The Hall–Kier alpha value is -4.08. The van der Waals surface area contributed by atoms with Crippen molar-refractivity contribution in [1.29, 1.82) is 0 Å². The molecule has 9 heteroatoms. The van der Waals surface area contributed by atoms with E-state index in [-0.39, 0.29) is 23.9 Å². The Morgan fingerprint density at radius 3 is 2.36 bits per heavy atom. The number of para-hydroxylation sites is 1. The smallest absolute Gasteiger partial charge is 0.264 e. The molecule has 0 aliphatic rings. The van der Waals surface area contributed by atoms with E-state index >= 15 is 0 Å². The second-order valence-corrected chi connectivity index (χ2v) is 12.0. The molecule has 5 rings (SSSR count). The van der Waals surface area contributed by atoms with Crippen molar-refractivity contribution in [2.24, 2.45) is 0 Å². The SMILES string of the molecule is CCN(c1ccccc1)S(=O)(=O)c1ccc(C(=O)N(Cc2cccnc2)c2nc3cc(C)cc(C)c3s2)cc1. The molecule has 2 heterocycles. The van der Waals surface area contributed by atoms with Crippen molar-refractivity contribution in [3.63, 3.8) is 0 Å². The molecular weight excluding hydrogens is 528 g/mol. The summed E-state index contributed by atoms with van der Waals surface area (Å²) in [7, 11) is -3.80. The fourth-order valence-corrected chi connectivity index (χ4v) is 7.01. The van der Waals surface area contributed by atoms with E-state index < -0.39 is 10.0 Å². The van der Waals surface area contributed by atoms with Gasteiger partial charge in [-0.15, -0.1) is 0 Å². The third-order valence-corrected chi connectivity index (χ3v) is 9.52. The van der Waals surface area contributed by atoms with E-state index in [1.165, 1.54) is 27.8 Å². The highest BCUT2D eigenvalue weighted by molar-refractivity contribution is 7.92. The third-order valence-electron chi connectivity index (χ3n) is 6.37. The van der Waals surface area contributed by atoms with Crippen LogP contribution >= 0.6 is 11.3 Å². The van der Waals surface area contributed by atoms with Gasteiger partial charge in [0.25, 0.3) is 15.9 Å². The molecule has 39 heavy (non-hydrogen) atoms. The number of hydrogen-bond acceptors (Lipinski definition) is 6. The minimum absolute atomic E-state index is 0.120. The molecule has 0 aliphatic carbocycles. The highest BCUT2D eigenvalue weighted by Gasteiger charge is 2.26. The van der Waals surface area contributed by atoms with Crippen LogP contribution in [-0.2, 0) is 16.6 Å². The Morgan fingerprint density at radius 2 is 1.69 bits per heavy atom. The lowest BCUT2D eigenvalue weighted by Gasteiger charge is -2.23. The number of hydrogen-bond donors (Lipinski definition) is 0. The molecule has 0 saturated carbocycles. The zero-order valence-corrected chi connectivity index (χ0v) is 23.5. The van der Waals surface area contributed by atoms with Crippen LogP contribution < -0.4 is 9.21 Å². The fourth-order valence-electron chi connectivity index (χ4n) is 4.52. The lowest BCUT2D eigenvalue weighted by molar-refractivity contribution is 0.0985. The summed E-state index contributed by atoms with van der Waals surface area (Å²) in [5.74, 6) is -0.272. The molecule has 0 spiro atoms. The van der Waals surface area contributed by atoms with E-state index in [1.807, 2.05) is 38.1 Å². The van der Waals surface area contributed by atoms with Crippen molar-refractivity contribution < 1.29 is 13.2 Å². The van der Waals surface area contributed by atoms with Gasteiger partial charge in [-0.25, -0.2) is 13.4 Å². The van der Waals surface area contributed by atoms with Crippen LogP contribution in [0.3, 0.4) is 0 Å². The van der Waals surface area contributed by atoms with Gasteiger partial charge in [-0.05, 0) is 86.0 Å². The van der Waals surface area contributed by atoms with Crippen LogP contribution in [0.25, 0.3) is 10.2 Å². The van der Waals surface area contributed by atoms with E-state index in [1.54, 1.807) is 60.6 Å². The molecule has 0 saturated heterocycles. The summed E-state index contributed by atoms with van der Waals surface area (Å²) >= 11 is 1.47. The monoisotopic (exact) mass is 556 g/mol. The van der Waals surface area contributed by atoms with Crippen LogP contribution in [0.1, 0.15) is 34.0 Å². The highest BCUT2D eigenvalue weighted by atomic mass is 32.2. The number of rotatable bonds is 8. The zero-order chi connectivity index (χ0) is 27.6. The predicted molar refractivity (Wildman–Crippen MR) is 157 cm³/mol. The van der Waals surface area contributed by atoms with Crippen LogP contribution in [0.2, 0.25) is 0 Å². The zero-order valence-electron chi connectivity index (χ0n) is 21.9. The number of carbonyl (C=O) groups excluding carboxylic acids is 1. The van der Waals surface area contributed by atoms with E-state index in [9.17, 15) is 13.2 Å². The molecule has 0 radical (unpaired) electrons. The third kappa shape index (κ3) is 5.41. The van der Waals surface area contributed by atoms with E-state index in [0.29, 0.717) is 16.4 Å². The van der Waals surface area contributed by atoms with E-state index in [2.05, 4.69) is 11.1 Å².